The topological polar surface area (TPSA) is 68.2 Å². The summed E-state index contributed by atoms with van der Waals surface area (Å²) >= 11 is 2.18. The number of pyridine rings is 1. The zero-order valence-corrected chi connectivity index (χ0v) is 19.1. The van der Waals surface area contributed by atoms with Crippen LogP contribution >= 0.6 is 22.6 Å². The van der Waals surface area contributed by atoms with E-state index in [4.69, 9.17) is 0 Å². The number of ketones is 1. The van der Waals surface area contributed by atoms with Gasteiger partial charge in [-0.2, -0.15) is 0 Å². The van der Waals surface area contributed by atoms with Crippen molar-refractivity contribution in [2.45, 2.75) is 43.1 Å². The van der Waals surface area contributed by atoms with E-state index in [1.807, 2.05) is 19.1 Å². The van der Waals surface area contributed by atoms with Gasteiger partial charge in [0, 0.05) is 36.2 Å². The lowest BCUT2D eigenvalue weighted by molar-refractivity contribution is -0.114. The summed E-state index contributed by atoms with van der Waals surface area (Å²) in [6.45, 7) is 4.04. The van der Waals surface area contributed by atoms with E-state index in [-0.39, 0.29) is 21.2 Å². The molecule has 0 unspecified atom stereocenters. The van der Waals surface area contributed by atoms with Crippen LogP contribution in [0.4, 0.5) is 5.69 Å². The summed E-state index contributed by atoms with van der Waals surface area (Å²) in [7, 11) is 0. The summed E-state index contributed by atoms with van der Waals surface area (Å²) in [5.41, 5.74) is 4.29. The van der Waals surface area contributed by atoms with Gasteiger partial charge in [-0.15, -0.1) is 0 Å². The fourth-order valence-corrected chi connectivity index (χ4v) is 4.61. The Labute approximate surface area is 188 Å². The highest BCUT2D eigenvalue weighted by Gasteiger charge is 2.27. The van der Waals surface area contributed by atoms with Crippen molar-refractivity contribution in [1.82, 2.24) is 4.57 Å². The Balaban J connectivity index is 1.69. The van der Waals surface area contributed by atoms with Crippen molar-refractivity contribution in [3.8, 4) is 0 Å². The fraction of sp³-hybridized carbons (Fsp3) is 0.292. The fourth-order valence-electron chi connectivity index (χ4n) is 3.86. The Hall–Kier alpha value is -2.48. The number of nitrogens with one attached hydrogen (secondary N) is 1. The molecule has 1 saturated carbocycles. The molecule has 1 heterocycles. The number of hydrogen-bond acceptors (Lipinski definition) is 3. The smallest absolute Gasteiger partial charge is 0.251 e. The van der Waals surface area contributed by atoms with Gasteiger partial charge in [0.25, 0.3) is 5.56 Å². The average molecular weight is 514 g/mol. The molecule has 1 atom stereocenters. The molecule has 0 saturated heterocycles. The summed E-state index contributed by atoms with van der Waals surface area (Å²) in [6.07, 6.45) is 2.23. The number of fused-ring (bicyclic) bond motifs is 1. The molecule has 4 rings (SSSR count). The van der Waals surface area contributed by atoms with Gasteiger partial charge in [0.1, 0.15) is 0 Å². The highest BCUT2D eigenvalue weighted by molar-refractivity contribution is 14.1. The molecule has 1 aliphatic carbocycles. The molecule has 30 heavy (non-hydrogen) atoms. The summed E-state index contributed by atoms with van der Waals surface area (Å²) in [6, 6.07) is 14.7. The number of anilines is 1. The number of amides is 1. The largest absolute Gasteiger partial charge is 0.326 e. The first-order valence-corrected chi connectivity index (χ1v) is 11.4. The van der Waals surface area contributed by atoms with Crippen LogP contribution in [0.15, 0.2) is 53.3 Å². The Morgan fingerprint density at radius 1 is 1.13 bits per heavy atom. The van der Waals surface area contributed by atoms with Crippen LogP contribution in [0.25, 0.3) is 10.9 Å². The Morgan fingerprint density at radius 2 is 1.83 bits per heavy atom. The first-order valence-electron chi connectivity index (χ1n) is 10.1. The molecule has 1 aromatic heterocycles. The number of halogens is 1. The first-order chi connectivity index (χ1) is 14.4. The van der Waals surface area contributed by atoms with Gasteiger partial charge in [0.05, 0.1) is 9.44 Å². The second kappa shape index (κ2) is 8.34. The van der Waals surface area contributed by atoms with Crippen LogP contribution < -0.4 is 10.9 Å². The minimum atomic E-state index is -0.340. The molecule has 1 amide bonds. The third kappa shape index (κ3) is 4.05. The number of carbonyl (C=O) groups excluding carboxylic acids is 2. The lowest BCUT2D eigenvalue weighted by atomic mass is 9.98. The summed E-state index contributed by atoms with van der Waals surface area (Å²) < 4.78 is 1.45. The zero-order chi connectivity index (χ0) is 21.4. The number of carbonyl (C=O) groups is 2. The predicted octanol–water partition coefficient (Wildman–Crippen LogP) is 5.22. The van der Waals surface area contributed by atoms with Gasteiger partial charge in [-0.25, -0.2) is 0 Å². The SMILES string of the molecule is CCn1c(=O)cc(C2CC2)c2cc([C@@H](I)C(=O)c3ccc(NC(C)=O)cc3)ccc21. The molecule has 0 radical (unpaired) electrons. The van der Waals surface area contributed by atoms with Crippen molar-refractivity contribution in [2.75, 3.05) is 5.32 Å². The molecule has 154 valence electrons. The third-order valence-corrected chi connectivity index (χ3v) is 6.80. The van der Waals surface area contributed by atoms with Crippen molar-refractivity contribution in [2.24, 2.45) is 0 Å². The number of aromatic nitrogens is 1. The van der Waals surface area contributed by atoms with Crippen molar-refractivity contribution in [3.63, 3.8) is 0 Å². The van der Waals surface area contributed by atoms with E-state index in [1.54, 1.807) is 34.9 Å². The van der Waals surface area contributed by atoms with E-state index < -0.39 is 0 Å². The van der Waals surface area contributed by atoms with Crippen LogP contribution in [0.5, 0.6) is 0 Å². The normalized spacial score (nSPS) is 14.5. The molecule has 3 aromatic rings. The third-order valence-electron chi connectivity index (χ3n) is 5.51. The predicted molar refractivity (Wildman–Crippen MR) is 128 cm³/mol. The van der Waals surface area contributed by atoms with E-state index in [0.29, 0.717) is 23.7 Å². The van der Waals surface area contributed by atoms with E-state index in [1.165, 1.54) is 6.92 Å². The van der Waals surface area contributed by atoms with E-state index >= 15 is 0 Å². The second-order valence-corrected chi connectivity index (χ2v) is 8.96. The van der Waals surface area contributed by atoms with E-state index in [9.17, 15) is 14.4 Å². The molecule has 6 heteroatoms. The van der Waals surface area contributed by atoms with Crippen molar-refractivity contribution < 1.29 is 9.59 Å². The van der Waals surface area contributed by atoms with Gasteiger partial charge in [-0.3, -0.25) is 14.4 Å². The number of rotatable bonds is 6. The summed E-state index contributed by atoms with van der Waals surface area (Å²) in [4.78, 5) is 36.8. The number of nitrogens with zero attached hydrogens (tertiary/aromatic N) is 1. The van der Waals surface area contributed by atoms with Crippen molar-refractivity contribution in [3.05, 3.63) is 75.6 Å². The number of Topliss-reactive ketones (excluding diaryl/α,β-unsaturated/α-hetero) is 1. The van der Waals surface area contributed by atoms with Gasteiger partial charge in [0.2, 0.25) is 5.91 Å². The number of alkyl halides is 1. The monoisotopic (exact) mass is 514 g/mol. The van der Waals surface area contributed by atoms with Crippen LogP contribution in [-0.2, 0) is 11.3 Å². The maximum Gasteiger partial charge on any atom is 0.251 e. The minimum absolute atomic E-state index is 0.0149. The number of hydrogen-bond donors (Lipinski definition) is 1. The molecule has 0 aliphatic heterocycles. The maximum absolute atomic E-state index is 13.1. The molecule has 1 N–H and O–H groups in total. The molecule has 2 aromatic carbocycles. The Bertz CT molecular complexity index is 1190. The number of aryl methyl sites for hydroxylation is 1. The average Bonchev–Trinajstić information content (AvgIpc) is 3.57. The summed E-state index contributed by atoms with van der Waals surface area (Å²) in [5, 5.41) is 3.79. The molecule has 1 fully saturated rings. The molecular formula is C24H23IN2O3. The maximum atomic E-state index is 13.1. The first kappa shape index (κ1) is 20.8. The highest BCUT2D eigenvalue weighted by atomic mass is 127. The molecule has 1 aliphatic rings. The van der Waals surface area contributed by atoms with Crippen molar-refractivity contribution >= 4 is 50.9 Å². The van der Waals surface area contributed by atoms with Gasteiger partial charge in [-0.05, 0) is 73.2 Å². The lowest BCUT2D eigenvalue weighted by Gasteiger charge is -2.15. The molecular weight excluding hydrogens is 491 g/mol. The minimum Gasteiger partial charge on any atom is -0.326 e. The van der Waals surface area contributed by atoms with Crippen LogP contribution in [-0.4, -0.2) is 16.3 Å². The van der Waals surface area contributed by atoms with Crippen LogP contribution in [0.2, 0.25) is 0 Å². The second-order valence-electron chi connectivity index (χ2n) is 7.72. The highest BCUT2D eigenvalue weighted by Crippen LogP contribution is 2.43. The van der Waals surface area contributed by atoms with Crippen LogP contribution in [0.3, 0.4) is 0 Å². The van der Waals surface area contributed by atoms with Gasteiger partial charge in [-0.1, -0.05) is 28.7 Å². The Kier molecular flexibility index (Phi) is 5.77. The van der Waals surface area contributed by atoms with E-state index in [0.717, 1.165) is 34.9 Å². The van der Waals surface area contributed by atoms with Crippen LogP contribution in [0, 0.1) is 0 Å². The van der Waals surface area contributed by atoms with Gasteiger partial charge in [0.15, 0.2) is 5.78 Å². The quantitative estimate of drug-likeness (QED) is 0.279. The van der Waals surface area contributed by atoms with Crippen LogP contribution in [0.1, 0.15) is 58.0 Å². The lowest BCUT2D eigenvalue weighted by Crippen LogP contribution is -2.20. The summed E-state index contributed by atoms with van der Waals surface area (Å²) in [5.74, 6) is 0.321. The number of benzene rings is 2. The zero-order valence-electron chi connectivity index (χ0n) is 16.9. The van der Waals surface area contributed by atoms with Crippen molar-refractivity contribution in [1.29, 1.82) is 0 Å². The molecule has 5 nitrogen and oxygen atoms in total. The van der Waals surface area contributed by atoms with Gasteiger partial charge >= 0.3 is 0 Å². The van der Waals surface area contributed by atoms with E-state index in [2.05, 4.69) is 34.0 Å². The van der Waals surface area contributed by atoms with Gasteiger partial charge < -0.3 is 9.88 Å². The molecule has 0 bridgehead atoms. The molecule has 0 spiro atoms. The Morgan fingerprint density at radius 3 is 2.43 bits per heavy atom. The standard InChI is InChI=1S/C24H23IN2O3/c1-3-27-21-11-8-17(12-20(21)19(13-22(27)29)15-4-5-15)23(25)24(30)16-6-9-18(10-7-16)26-14(2)28/h6-13,15,23H,3-5H2,1-2H3,(H,26,28)/t23-/m1/s1.